The summed E-state index contributed by atoms with van der Waals surface area (Å²) >= 11 is 3.15. The van der Waals surface area contributed by atoms with Crippen molar-refractivity contribution in [2.45, 2.75) is 17.5 Å². The molecule has 31 heavy (non-hydrogen) atoms. The molecule has 4 heterocycles. The van der Waals surface area contributed by atoms with Crippen molar-refractivity contribution in [2.24, 2.45) is 0 Å². The van der Waals surface area contributed by atoms with Crippen LogP contribution in [0, 0.1) is 0 Å². The van der Waals surface area contributed by atoms with Crippen molar-refractivity contribution < 1.29 is 13.6 Å². The number of furan rings is 2. The minimum absolute atomic E-state index is 0.531. The van der Waals surface area contributed by atoms with Gasteiger partial charge in [0.05, 0.1) is 31.9 Å². The first-order chi connectivity index (χ1) is 15.3. The smallest absolute Gasteiger partial charge is 0.192 e. The van der Waals surface area contributed by atoms with Crippen LogP contribution in [0.3, 0.4) is 0 Å². The predicted octanol–water partition coefficient (Wildman–Crippen LogP) is 5.60. The molecule has 0 atom stereocenters. The second-order valence-electron chi connectivity index (χ2n) is 6.61. The quantitative estimate of drug-likeness (QED) is 0.285. The van der Waals surface area contributed by atoms with Crippen LogP contribution in [0.15, 0.2) is 80.4 Å². The van der Waals surface area contributed by atoms with Gasteiger partial charge in [-0.25, -0.2) is 4.98 Å². The van der Waals surface area contributed by atoms with Crippen LogP contribution < -0.4 is 4.74 Å². The van der Waals surface area contributed by atoms with Crippen molar-refractivity contribution in [1.29, 1.82) is 0 Å². The second-order valence-corrected chi connectivity index (χ2v) is 8.41. The van der Waals surface area contributed by atoms with Crippen molar-refractivity contribution >= 4 is 23.1 Å². The number of hydrogen-bond donors (Lipinski definition) is 0. The molecular weight excluding hydrogens is 432 g/mol. The summed E-state index contributed by atoms with van der Waals surface area (Å²) in [6.07, 6.45) is 3.32. The van der Waals surface area contributed by atoms with E-state index in [0.717, 1.165) is 44.5 Å². The summed E-state index contributed by atoms with van der Waals surface area (Å²) in [5.41, 5.74) is 1.90. The first kappa shape index (κ1) is 19.7. The number of rotatable bonds is 8. The molecule has 0 N–H and O–H groups in total. The van der Waals surface area contributed by atoms with E-state index in [9.17, 15) is 0 Å². The Kier molecular flexibility index (Phi) is 5.59. The van der Waals surface area contributed by atoms with E-state index in [1.54, 1.807) is 42.7 Å². The molecule has 5 aromatic rings. The number of ether oxygens (including phenoxy) is 1. The number of methoxy groups -OCH3 is 1. The van der Waals surface area contributed by atoms with Crippen molar-refractivity contribution in [3.63, 3.8) is 0 Å². The van der Waals surface area contributed by atoms with Crippen LogP contribution in [0.5, 0.6) is 5.75 Å². The maximum atomic E-state index is 5.57. The Morgan fingerprint density at radius 2 is 1.97 bits per heavy atom. The van der Waals surface area contributed by atoms with Gasteiger partial charge in [0.15, 0.2) is 21.7 Å². The van der Waals surface area contributed by atoms with Gasteiger partial charge in [-0.3, -0.25) is 4.57 Å². The lowest BCUT2D eigenvalue weighted by molar-refractivity contribution is 0.415. The van der Waals surface area contributed by atoms with E-state index in [4.69, 9.17) is 13.6 Å². The Bertz CT molecular complexity index is 1260. The molecule has 0 amide bonds. The predicted molar refractivity (Wildman–Crippen MR) is 119 cm³/mol. The van der Waals surface area contributed by atoms with Crippen LogP contribution in [0.25, 0.3) is 22.2 Å². The molecule has 0 spiro atoms. The van der Waals surface area contributed by atoms with E-state index in [0.29, 0.717) is 12.3 Å². The molecular formula is C22H18N4O3S2. The van der Waals surface area contributed by atoms with Gasteiger partial charge < -0.3 is 13.6 Å². The van der Waals surface area contributed by atoms with Crippen molar-refractivity contribution in [3.05, 3.63) is 77.9 Å². The van der Waals surface area contributed by atoms with Crippen LogP contribution in [-0.2, 0) is 12.3 Å². The van der Waals surface area contributed by atoms with Crippen LogP contribution in [0.4, 0.5) is 0 Å². The third kappa shape index (κ3) is 4.28. The summed E-state index contributed by atoms with van der Waals surface area (Å²) < 4.78 is 18.4. The molecule has 7 nitrogen and oxygen atoms in total. The fourth-order valence-corrected chi connectivity index (χ4v) is 4.82. The van der Waals surface area contributed by atoms with Crippen LogP contribution in [-0.4, -0.2) is 26.9 Å². The van der Waals surface area contributed by atoms with Gasteiger partial charge >= 0.3 is 0 Å². The fourth-order valence-electron chi connectivity index (χ4n) is 3.10. The van der Waals surface area contributed by atoms with Crippen LogP contribution >= 0.6 is 23.1 Å². The molecule has 0 radical (unpaired) electrons. The van der Waals surface area contributed by atoms with Gasteiger partial charge in [-0.15, -0.1) is 21.5 Å². The van der Waals surface area contributed by atoms with Gasteiger partial charge in [0, 0.05) is 16.7 Å². The highest BCUT2D eigenvalue weighted by Crippen LogP contribution is 2.31. The lowest BCUT2D eigenvalue weighted by atomic mass is 10.2. The van der Waals surface area contributed by atoms with E-state index in [1.807, 2.05) is 53.9 Å². The van der Waals surface area contributed by atoms with E-state index in [1.165, 1.54) is 0 Å². The molecule has 4 aromatic heterocycles. The first-order valence-corrected chi connectivity index (χ1v) is 11.4. The van der Waals surface area contributed by atoms with E-state index in [2.05, 4.69) is 19.7 Å². The summed E-state index contributed by atoms with van der Waals surface area (Å²) in [5.74, 6) is 3.81. The van der Waals surface area contributed by atoms with Gasteiger partial charge in [-0.05, 0) is 36.4 Å². The normalized spacial score (nSPS) is 11.1. The Balaban J connectivity index is 1.42. The molecule has 0 aliphatic rings. The van der Waals surface area contributed by atoms with Crippen LogP contribution in [0.2, 0.25) is 0 Å². The van der Waals surface area contributed by atoms with Gasteiger partial charge in [-0.2, -0.15) is 0 Å². The average molecular weight is 451 g/mol. The standard InChI is InChI=1S/C22H18N4O3S2/c1-27-17-6-2-5-15(11-17)20-24-25-22(26(20)12-18-7-3-9-28-18)31-14-16-13-30-21(23-16)19-8-4-10-29-19/h2-11,13H,12,14H2,1H3. The second kappa shape index (κ2) is 8.83. The first-order valence-electron chi connectivity index (χ1n) is 9.51. The Morgan fingerprint density at radius 3 is 2.77 bits per heavy atom. The molecule has 0 aliphatic carbocycles. The maximum absolute atomic E-state index is 5.57. The van der Waals surface area contributed by atoms with E-state index >= 15 is 0 Å². The zero-order chi connectivity index (χ0) is 21.0. The number of nitrogens with zero attached hydrogens (tertiary/aromatic N) is 4. The van der Waals surface area contributed by atoms with Crippen molar-refractivity contribution in [2.75, 3.05) is 7.11 Å². The summed E-state index contributed by atoms with van der Waals surface area (Å²) in [5, 5.41) is 12.6. The highest BCUT2D eigenvalue weighted by atomic mass is 32.2. The van der Waals surface area contributed by atoms with Crippen molar-refractivity contribution in [3.8, 4) is 27.9 Å². The lowest BCUT2D eigenvalue weighted by Gasteiger charge is -2.09. The monoisotopic (exact) mass is 450 g/mol. The third-order valence-electron chi connectivity index (χ3n) is 4.57. The van der Waals surface area contributed by atoms with Crippen molar-refractivity contribution in [1.82, 2.24) is 19.7 Å². The van der Waals surface area contributed by atoms with E-state index < -0.39 is 0 Å². The maximum Gasteiger partial charge on any atom is 0.192 e. The fraction of sp³-hybridized carbons (Fsp3) is 0.136. The third-order valence-corrected chi connectivity index (χ3v) is 6.48. The molecule has 1 aromatic carbocycles. The molecule has 0 saturated carbocycles. The summed E-state index contributed by atoms with van der Waals surface area (Å²) in [6, 6.07) is 15.4. The lowest BCUT2D eigenvalue weighted by Crippen LogP contribution is -2.03. The molecule has 0 bridgehead atoms. The molecule has 0 unspecified atom stereocenters. The van der Waals surface area contributed by atoms with Crippen LogP contribution in [0.1, 0.15) is 11.5 Å². The molecule has 0 fully saturated rings. The highest BCUT2D eigenvalue weighted by Gasteiger charge is 2.17. The van der Waals surface area contributed by atoms with Gasteiger partial charge in [-0.1, -0.05) is 23.9 Å². The Morgan fingerprint density at radius 1 is 1.06 bits per heavy atom. The van der Waals surface area contributed by atoms with E-state index in [-0.39, 0.29) is 0 Å². The molecule has 5 rings (SSSR count). The topological polar surface area (TPSA) is 79.1 Å². The summed E-state index contributed by atoms with van der Waals surface area (Å²) in [4.78, 5) is 4.67. The SMILES string of the molecule is COc1cccc(-c2nnc(SCc3csc(-c4ccco4)n3)n2Cc2ccco2)c1. The van der Waals surface area contributed by atoms with Gasteiger partial charge in [0.25, 0.3) is 0 Å². The highest BCUT2D eigenvalue weighted by molar-refractivity contribution is 7.98. The van der Waals surface area contributed by atoms with Gasteiger partial charge in [0.2, 0.25) is 0 Å². The Labute approximate surface area is 186 Å². The minimum Gasteiger partial charge on any atom is -0.497 e. The largest absolute Gasteiger partial charge is 0.497 e. The zero-order valence-corrected chi connectivity index (χ0v) is 18.2. The molecule has 9 heteroatoms. The molecule has 0 aliphatic heterocycles. The minimum atomic E-state index is 0.531. The van der Waals surface area contributed by atoms with Gasteiger partial charge in [0.1, 0.15) is 11.5 Å². The number of hydrogen-bond acceptors (Lipinski definition) is 8. The molecule has 156 valence electrons. The Hall–Kier alpha value is -3.30. The number of benzene rings is 1. The zero-order valence-electron chi connectivity index (χ0n) is 16.6. The summed E-state index contributed by atoms with van der Waals surface area (Å²) in [7, 11) is 1.65. The average Bonchev–Trinajstić information content (AvgIpc) is 3.60. The summed E-state index contributed by atoms with van der Waals surface area (Å²) in [6.45, 7) is 0.531. The number of thiazole rings is 1. The molecule has 0 saturated heterocycles. The number of thioether (sulfide) groups is 1. The number of aromatic nitrogens is 4.